The zero-order chi connectivity index (χ0) is 22.0. The van der Waals surface area contributed by atoms with Crippen LogP contribution in [0.4, 0.5) is 4.79 Å². The van der Waals surface area contributed by atoms with E-state index in [0.717, 1.165) is 43.4 Å². The normalized spacial score (nSPS) is 19.4. The predicted molar refractivity (Wildman–Crippen MR) is 110 cm³/mol. The van der Waals surface area contributed by atoms with Crippen LogP contribution in [0.15, 0.2) is 23.9 Å². The van der Waals surface area contributed by atoms with E-state index in [-0.39, 0.29) is 18.0 Å². The molecule has 31 heavy (non-hydrogen) atoms. The van der Waals surface area contributed by atoms with E-state index in [4.69, 9.17) is 0 Å². The van der Waals surface area contributed by atoms with Crippen LogP contribution in [0, 0.1) is 0 Å². The fraction of sp³-hybridized carbons (Fsp3) is 0.500. The van der Waals surface area contributed by atoms with E-state index in [1.165, 1.54) is 17.8 Å². The number of rotatable bonds is 7. The molecule has 0 unspecified atom stereocenters. The van der Waals surface area contributed by atoms with Crippen LogP contribution in [-0.2, 0) is 9.59 Å². The average Bonchev–Trinajstić information content (AvgIpc) is 3.52. The standard InChI is InChI=1S/C22H26N4O5/c27-18(16-12-17(23-13-16)19(28)24-9-4-5-10-24)14-26-21(30)20(29)25(22(26)31)11-8-15-6-2-1-3-7-15/h6,12-13,23H,1-5,7-11,14H2. The highest BCUT2D eigenvalue weighted by Crippen LogP contribution is 2.22. The first-order chi connectivity index (χ1) is 15.0. The van der Waals surface area contributed by atoms with E-state index < -0.39 is 30.2 Å². The van der Waals surface area contributed by atoms with Gasteiger partial charge in [-0.1, -0.05) is 11.6 Å². The molecule has 2 saturated heterocycles. The quantitative estimate of drug-likeness (QED) is 0.311. The topological polar surface area (TPSA) is 111 Å². The van der Waals surface area contributed by atoms with Gasteiger partial charge in [0.1, 0.15) is 5.69 Å². The molecule has 0 saturated carbocycles. The SMILES string of the molecule is O=C(CN1C(=O)C(=O)N(CCC2=CCCCC2)C1=O)c1c[nH]c(C(=O)N2CCCC2)c1. The van der Waals surface area contributed by atoms with Gasteiger partial charge < -0.3 is 9.88 Å². The van der Waals surface area contributed by atoms with Crippen molar-refractivity contribution in [3.63, 3.8) is 0 Å². The van der Waals surface area contributed by atoms with Crippen LogP contribution in [0.25, 0.3) is 0 Å². The van der Waals surface area contributed by atoms with Gasteiger partial charge in [-0.3, -0.25) is 24.1 Å². The molecule has 2 aliphatic heterocycles. The van der Waals surface area contributed by atoms with Gasteiger partial charge in [-0.2, -0.15) is 0 Å². The van der Waals surface area contributed by atoms with E-state index in [0.29, 0.717) is 30.1 Å². The summed E-state index contributed by atoms with van der Waals surface area (Å²) in [5.41, 5.74) is 1.68. The summed E-state index contributed by atoms with van der Waals surface area (Å²) in [6, 6.07) is 0.673. The Morgan fingerprint density at radius 3 is 2.42 bits per heavy atom. The Bertz CT molecular complexity index is 957. The number of imide groups is 2. The summed E-state index contributed by atoms with van der Waals surface area (Å²) in [6.07, 6.45) is 10.2. The lowest BCUT2D eigenvalue weighted by Crippen LogP contribution is -2.37. The highest BCUT2D eigenvalue weighted by Gasteiger charge is 2.45. The van der Waals surface area contributed by atoms with Gasteiger partial charge in [0.25, 0.3) is 5.91 Å². The number of hydrogen-bond donors (Lipinski definition) is 1. The van der Waals surface area contributed by atoms with Gasteiger partial charge in [0.2, 0.25) is 0 Å². The molecule has 5 amide bonds. The molecule has 9 nitrogen and oxygen atoms in total. The summed E-state index contributed by atoms with van der Waals surface area (Å²) in [5, 5.41) is 0. The van der Waals surface area contributed by atoms with Gasteiger partial charge in [0.05, 0.1) is 6.54 Å². The molecule has 0 radical (unpaired) electrons. The molecule has 164 valence electrons. The Kier molecular flexibility index (Phi) is 6.01. The maximum atomic E-state index is 12.6. The molecule has 2 fully saturated rings. The van der Waals surface area contributed by atoms with E-state index in [1.807, 2.05) is 0 Å². The second-order valence-corrected chi connectivity index (χ2v) is 8.21. The smallest absolute Gasteiger partial charge is 0.334 e. The van der Waals surface area contributed by atoms with Crippen molar-refractivity contribution in [2.75, 3.05) is 26.2 Å². The molecule has 0 aromatic carbocycles. The van der Waals surface area contributed by atoms with Gasteiger partial charge in [-0.25, -0.2) is 9.69 Å². The monoisotopic (exact) mass is 426 g/mol. The van der Waals surface area contributed by atoms with Crippen LogP contribution in [0.5, 0.6) is 0 Å². The Hall–Kier alpha value is -3.23. The van der Waals surface area contributed by atoms with Crippen molar-refractivity contribution in [1.29, 1.82) is 0 Å². The fourth-order valence-electron chi connectivity index (χ4n) is 4.28. The fourth-order valence-corrected chi connectivity index (χ4v) is 4.28. The molecule has 0 spiro atoms. The van der Waals surface area contributed by atoms with Crippen LogP contribution in [0.1, 0.15) is 65.8 Å². The zero-order valence-corrected chi connectivity index (χ0v) is 17.4. The number of nitrogens with zero attached hydrogens (tertiary/aromatic N) is 3. The van der Waals surface area contributed by atoms with Crippen molar-refractivity contribution < 1.29 is 24.0 Å². The first kappa shape index (κ1) is 21.0. The van der Waals surface area contributed by atoms with Gasteiger partial charge in [-0.15, -0.1) is 0 Å². The minimum absolute atomic E-state index is 0.137. The number of aromatic nitrogens is 1. The van der Waals surface area contributed by atoms with E-state index in [9.17, 15) is 24.0 Å². The maximum Gasteiger partial charge on any atom is 0.334 e. The van der Waals surface area contributed by atoms with Crippen LogP contribution in [0.2, 0.25) is 0 Å². The Morgan fingerprint density at radius 1 is 0.968 bits per heavy atom. The minimum atomic E-state index is -0.986. The van der Waals surface area contributed by atoms with Gasteiger partial charge >= 0.3 is 17.8 Å². The van der Waals surface area contributed by atoms with Crippen LogP contribution >= 0.6 is 0 Å². The maximum absolute atomic E-state index is 12.6. The number of nitrogens with one attached hydrogen (secondary N) is 1. The van der Waals surface area contributed by atoms with E-state index >= 15 is 0 Å². The molecule has 0 atom stereocenters. The lowest BCUT2D eigenvalue weighted by atomic mass is 9.97. The molecule has 1 N–H and O–H groups in total. The number of aromatic amines is 1. The molecular formula is C22H26N4O5. The minimum Gasteiger partial charge on any atom is -0.356 e. The van der Waals surface area contributed by atoms with E-state index in [2.05, 4.69) is 11.1 Å². The third-order valence-corrected chi connectivity index (χ3v) is 6.11. The number of allylic oxidation sites excluding steroid dienone is 1. The number of hydrogen-bond acceptors (Lipinski definition) is 5. The largest absolute Gasteiger partial charge is 0.356 e. The van der Waals surface area contributed by atoms with Gasteiger partial charge in [0, 0.05) is 31.4 Å². The first-order valence-electron chi connectivity index (χ1n) is 10.8. The summed E-state index contributed by atoms with van der Waals surface area (Å²) < 4.78 is 0. The highest BCUT2D eigenvalue weighted by atomic mass is 16.2. The summed E-state index contributed by atoms with van der Waals surface area (Å²) in [5.74, 6) is -2.57. The Labute approximate surface area is 180 Å². The lowest BCUT2D eigenvalue weighted by Gasteiger charge is -2.17. The summed E-state index contributed by atoms with van der Waals surface area (Å²) in [6.45, 7) is 0.982. The van der Waals surface area contributed by atoms with Gasteiger partial charge in [-0.05, 0) is 51.0 Å². The summed E-state index contributed by atoms with van der Waals surface area (Å²) in [4.78, 5) is 68.4. The molecule has 4 rings (SSSR count). The number of urea groups is 1. The Morgan fingerprint density at radius 2 is 1.71 bits per heavy atom. The number of H-pyrrole nitrogens is 1. The first-order valence-corrected chi connectivity index (χ1v) is 10.8. The van der Waals surface area contributed by atoms with Crippen LogP contribution in [0.3, 0.4) is 0 Å². The molecule has 3 heterocycles. The number of carbonyl (C=O) groups excluding carboxylic acids is 5. The van der Waals surface area contributed by atoms with Crippen molar-refractivity contribution in [2.24, 2.45) is 0 Å². The zero-order valence-electron chi connectivity index (χ0n) is 17.4. The van der Waals surface area contributed by atoms with Crippen molar-refractivity contribution in [2.45, 2.75) is 44.9 Å². The molecular weight excluding hydrogens is 400 g/mol. The molecule has 0 bridgehead atoms. The molecule has 3 aliphatic rings. The van der Waals surface area contributed by atoms with Crippen LogP contribution < -0.4 is 0 Å². The lowest BCUT2D eigenvalue weighted by molar-refractivity contribution is -0.143. The van der Waals surface area contributed by atoms with Crippen molar-refractivity contribution >= 4 is 29.5 Å². The molecule has 9 heteroatoms. The third-order valence-electron chi connectivity index (χ3n) is 6.11. The second kappa shape index (κ2) is 8.87. The number of likely N-dealkylation sites (tertiary alicyclic amines) is 1. The molecule has 1 aliphatic carbocycles. The van der Waals surface area contributed by atoms with Crippen molar-refractivity contribution in [1.82, 2.24) is 19.7 Å². The average molecular weight is 426 g/mol. The van der Waals surface area contributed by atoms with Crippen molar-refractivity contribution in [3.05, 3.63) is 35.2 Å². The highest BCUT2D eigenvalue weighted by molar-refractivity contribution is 6.45. The third kappa shape index (κ3) is 4.30. The second-order valence-electron chi connectivity index (χ2n) is 8.21. The number of Topliss-reactive ketones (excluding diaryl/α,β-unsaturated/α-hetero) is 1. The van der Waals surface area contributed by atoms with Crippen molar-refractivity contribution in [3.8, 4) is 0 Å². The summed E-state index contributed by atoms with van der Waals surface area (Å²) in [7, 11) is 0. The number of carbonyl (C=O) groups is 5. The summed E-state index contributed by atoms with van der Waals surface area (Å²) >= 11 is 0. The predicted octanol–water partition coefficient (Wildman–Crippen LogP) is 2.11. The van der Waals surface area contributed by atoms with Gasteiger partial charge in [0.15, 0.2) is 5.78 Å². The van der Waals surface area contributed by atoms with E-state index in [1.54, 1.807) is 4.90 Å². The Balaban J connectivity index is 1.38. The molecule has 1 aromatic rings. The number of amides is 5. The van der Waals surface area contributed by atoms with Crippen LogP contribution in [-0.4, -0.2) is 75.4 Å². The number of ketones is 1. The molecule has 1 aromatic heterocycles.